The lowest BCUT2D eigenvalue weighted by Crippen LogP contribution is -1.83. The smallest absolute Gasteiger partial charge is 0.124 e. The van der Waals surface area contributed by atoms with Crippen LogP contribution in [-0.2, 0) is 6.42 Å². The molecule has 2 rings (SSSR count). The normalized spacial score (nSPS) is 10.5. The number of nitriles is 1. The van der Waals surface area contributed by atoms with Gasteiger partial charge in [-0.15, -0.1) is 0 Å². The number of hydrogen-bond acceptors (Lipinski definition) is 3. The van der Waals surface area contributed by atoms with Gasteiger partial charge in [0.2, 0.25) is 0 Å². The third-order valence-corrected chi connectivity index (χ3v) is 3.06. The molecule has 4 heteroatoms. The maximum absolute atomic E-state index is 9.68. The van der Waals surface area contributed by atoms with Crippen LogP contribution in [0.3, 0.4) is 0 Å². The minimum Gasteiger partial charge on any atom is -0.507 e. The Labute approximate surface area is 120 Å². The van der Waals surface area contributed by atoms with Crippen LogP contribution < -0.4 is 0 Å². The molecular weight excluding hydrogens is 304 g/mol. The fraction of sp³-hybridized carbons (Fsp3) is 0.0667. The summed E-state index contributed by atoms with van der Waals surface area (Å²) >= 11 is 3.35. The quantitative estimate of drug-likeness (QED) is 0.871. The zero-order valence-electron chi connectivity index (χ0n) is 10.0. The highest BCUT2D eigenvalue weighted by Crippen LogP contribution is 2.21. The molecule has 94 valence electrons. The number of aliphatic imine (C=N–C) groups is 1. The predicted molar refractivity (Wildman–Crippen MR) is 78.8 cm³/mol. The van der Waals surface area contributed by atoms with Gasteiger partial charge in [0.25, 0.3) is 0 Å². The van der Waals surface area contributed by atoms with E-state index in [4.69, 9.17) is 5.26 Å². The van der Waals surface area contributed by atoms with Gasteiger partial charge < -0.3 is 5.11 Å². The van der Waals surface area contributed by atoms with E-state index >= 15 is 0 Å². The maximum atomic E-state index is 9.68. The van der Waals surface area contributed by atoms with Crippen molar-refractivity contribution in [3.63, 3.8) is 0 Å². The van der Waals surface area contributed by atoms with Crippen LogP contribution >= 0.6 is 15.9 Å². The number of rotatable bonds is 3. The number of phenolic OH excluding ortho intramolecular Hbond substituents is 1. The summed E-state index contributed by atoms with van der Waals surface area (Å²) in [6, 6.07) is 14.7. The van der Waals surface area contributed by atoms with Gasteiger partial charge in [0, 0.05) is 16.3 Å². The Bertz CT molecular complexity index is 642. The van der Waals surface area contributed by atoms with Crippen LogP contribution in [0.1, 0.15) is 11.1 Å². The molecule has 19 heavy (non-hydrogen) atoms. The fourth-order valence-electron chi connectivity index (χ4n) is 1.56. The molecule has 0 unspecified atom stereocenters. The van der Waals surface area contributed by atoms with Crippen LogP contribution in [0.2, 0.25) is 0 Å². The summed E-state index contributed by atoms with van der Waals surface area (Å²) in [4.78, 5) is 4.29. The Balaban J connectivity index is 2.18. The van der Waals surface area contributed by atoms with Gasteiger partial charge in [-0.3, -0.25) is 4.99 Å². The standard InChI is InChI=1S/C15H11BrN2O/c16-13-3-6-15(19)12(9-13)10-18-14-4-1-11(2-5-14)7-8-17/h1-6,9-10,19H,7H2/b18-10+. The molecule has 0 aromatic heterocycles. The van der Waals surface area contributed by atoms with Crippen LogP contribution in [0.4, 0.5) is 5.69 Å². The van der Waals surface area contributed by atoms with Gasteiger partial charge in [-0.2, -0.15) is 5.26 Å². The lowest BCUT2D eigenvalue weighted by molar-refractivity contribution is 0.474. The molecule has 0 aliphatic heterocycles. The largest absolute Gasteiger partial charge is 0.507 e. The summed E-state index contributed by atoms with van der Waals surface area (Å²) in [6.07, 6.45) is 2.01. The molecule has 0 radical (unpaired) electrons. The summed E-state index contributed by atoms with van der Waals surface area (Å²) in [5.74, 6) is 0.188. The topological polar surface area (TPSA) is 56.4 Å². The predicted octanol–water partition coefficient (Wildman–Crippen LogP) is 3.97. The third-order valence-electron chi connectivity index (χ3n) is 2.56. The number of nitrogens with zero attached hydrogens (tertiary/aromatic N) is 2. The van der Waals surface area contributed by atoms with Gasteiger partial charge >= 0.3 is 0 Å². The molecule has 0 atom stereocenters. The van der Waals surface area contributed by atoms with E-state index in [1.165, 1.54) is 0 Å². The van der Waals surface area contributed by atoms with Crippen LogP contribution in [0.25, 0.3) is 0 Å². The van der Waals surface area contributed by atoms with Crippen molar-refractivity contribution in [2.75, 3.05) is 0 Å². The molecule has 0 aliphatic carbocycles. The Morgan fingerprint density at radius 2 is 1.95 bits per heavy atom. The average molecular weight is 315 g/mol. The van der Waals surface area contributed by atoms with E-state index in [0.29, 0.717) is 12.0 Å². The number of benzene rings is 2. The monoisotopic (exact) mass is 314 g/mol. The van der Waals surface area contributed by atoms with Crippen molar-refractivity contribution in [1.82, 2.24) is 0 Å². The highest BCUT2D eigenvalue weighted by Gasteiger charge is 1.99. The van der Waals surface area contributed by atoms with Gasteiger partial charge in [-0.1, -0.05) is 28.1 Å². The summed E-state index contributed by atoms with van der Waals surface area (Å²) < 4.78 is 0.885. The molecule has 1 N–H and O–H groups in total. The van der Waals surface area contributed by atoms with Crippen molar-refractivity contribution in [1.29, 1.82) is 5.26 Å². The Morgan fingerprint density at radius 1 is 1.21 bits per heavy atom. The first-order chi connectivity index (χ1) is 9.19. The van der Waals surface area contributed by atoms with E-state index in [2.05, 4.69) is 27.0 Å². The summed E-state index contributed by atoms with van der Waals surface area (Å²) in [6.45, 7) is 0. The van der Waals surface area contributed by atoms with Crippen molar-refractivity contribution in [2.24, 2.45) is 4.99 Å². The average Bonchev–Trinajstić information content (AvgIpc) is 2.42. The van der Waals surface area contributed by atoms with Crippen molar-refractivity contribution in [3.05, 3.63) is 58.1 Å². The van der Waals surface area contributed by atoms with Gasteiger partial charge in [-0.05, 0) is 35.9 Å². The lowest BCUT2D eigenvalue weighted by Gasteiger charge is -2.00. The molecule has 0 saturated carbocycles. The van der Waals surface area contributed by atoms with Crippen molar-refractivity contribution in [2.45, 2.75) is 6.42 Å². The van der Waals surface area contributed by atoms with Gasteiger partial charge in [0.1, 0.15) is 5.75 Å². The minimum absolute atomic E-state index is 0.188. The van der Waals surface area contributed by atoms with Crippen molar-refractivity contribution >= 4 is 27.8 Å². The minimum atomic E-state index is 0.188. The van der Waals surface area contributed by atoms with Crippen LogP contribution in [-0.4, -0.2) is 11.3 Å². The first-order valence-corrected chi connectivity index (χ1v) is 6.47. The zero-order valence-corrected chi connectivity index (χ0v) is 11.6. The Kier molecular flexibility index (Phi) is 4.32. The van der Waals surface area contributed by atoms with Gasteiger partial charge in [0.15, 0.2) is 0 Å². The van der Waals surface area contributed by atoms with Gasteiger partial charge in [-0.25, -0.2) is 0 Å². The first kappa shape index (κ1) is 13.3. The van der Waals surface area contributed by atoms with Crippen LogP contribution in [0.15, 0.2) is 51.9 Å². The number of halogens is 1. The highest BCUT2D eigenvalue weighted by molar-refractivity contribution is 9.10. The number of aromatic hydroxyl groups is 1. The molecule has 2 aromatic rings. The first-order valence-electron chi connectivity index (χ1n) is 5.67. The molecule has 0 fully saturated rings. The second-order valence-corrected chi connectivity index (χ2v) is 4.88. The van der Waals surface area contributed by atoms with E-state index in [0.717, 1.165) is 15.7 Å². The lowest BCUT2D eigenvalue weighted by atomic mass is 10.1. The molecule has 0 bridgehead atoms. The highest BCUT2D eigenvalue weighted by atomic mass is 79.9. The van der Waals surface area contributed by atoms with E-state index in [9.17, 15) is 5.11 Å². The van der Waals surface area contributed by atoms with Crippen LogP contribution in [0, 0.1) is 11.3 Å². The van der Waals surface area contributed by atoms with E-state index < -0.39 is 0 Å². The second kappa shape index (κ2) is 6.17. The SMILES string of the molecule is N#CCc1ccc(/N=C/c2cc(Br)ccc2O)cc1. The second-order valence-electron chi connectivity index (χ2n) is 3.96. The Hall–Kier alpha value is -2.12. The van der Waals surface area contributed by atoms with Crippen molar-refractivity contribution < 1.29 is 5.11 Å². The van der Waals surface area contributed by atoms with Crippen LogP contribution in [0.5, 0.6) is 5.75 Å². The Morgan fingerprint density at radius 3 is 2.63 bits per heavy atom. The molecule has 0 saturated heterocycles. The third kappa shape index (κ3) is 3.67. The fourth-order valence-corrected chi connectivity index (χ4v) is 1.94. The summed E-state index contributed by atoms with van der Waals surface area (Å²) in [5.41, 5.74) is 2.39. The van der Waals surface area contributed by atoms with E-state index in [1.54, 1.807) is 24.4 Å². The molecule has 0 spiro atoms. The number of hydrogen-bond donors (Lipinski definition) is 1. The zero-order chi connectivity index (χ0) is 13.7. The van der Waals surface area contributed by atoms with E-state index in [1.807, 2.05) is 24.3 Å². The number of phenols is 1. The molecule has 0 aliphatic rings. The molecular formula is C15H11BrN2O. The molecule has 0 heterocycles. The van der Waals surface area contributed by atoms with Crippen molar-refractivity contribution in [3.8, 4) is 11.8 Å². The van der Waals surface area contributed by atoms with Gasteiger partial charge in [0.05, 0.1) is 18.2 Å². The summed E-state index contributed by atoms with van der Waals surface area (Å²) in [7, 11) is 0. The maximum Gasteiger partial charge on any atom is 0.124 e. The molecule has 2 aromatic carbocycles. The summed E-state index contributed by atoms with van der Waals surface area (Å²) in [5, 5.41) is 18.3. The van der Waals surface area contributed by atoms with E-state index in [-0.39, 0.29) is 5.75 Å². The molecule has 3 nitrogen and oxygen atoms in total. The molecule has 0 amide bonds.